The maximum Gasteiger partial charge on any atom is 0.293 e. The second kappa shape index (κ2) is 8.06. The second-order valence-electron chi connectivity index (χ2n) is 6.00. The minimum absolute atomic E-state index is 0.0398. The molecule has 1 aromatic heterocycles. The van der Waals surface area contributed by atoms with Crippen molar-refractivity contribution in [3.05, 3.63) is 50.0 Å². The Kier molecular flexibility index (Phi) is 6.08. The first-order chi connectivity index (χ1) is 11.8. The number of rotatable bonds is 7. The number of amides is 1. The van der Waals surface area contributed by atoms with Gasteiger partial charge in [0.15, 0.2) is 0 Å². The van der Waals surface area contributed by atoms with E-state index in [0.29, 0.717) is 5.69 Å². The third kappa shape index (κ3) is 4.76. The maximum absolute atomic E-state index is 12.1. The molecule has 25 heavy (non-hydrogen) atoms. The maximum atomic E-state index is 12.1. The van der Waals surface area contributed by atoms with Crippen LogP contribution in [0.3, 0.4) is 0 Å². The van der Waals surface area contributed by atoms with Gasteiger partial charge in [0.25, 0.3) is 11.6 Å². The Labute approximate surface area is 150 Å². The Morgan fingerprint density at radius 3 is 2.64 bits per heavy atom. The van der Waals surface area contributed by atoms with Gasteiger partial charge in [-0.05, 0) is 39.3 Å². The van der Waals surface area contributed by atoms with E-state index in [0.717, 1.165) is 11.4 Å². The van der Waals surface area contributed by atoms with Crippen LogP contribution in [-0.2, 0) is 6.42 Å². The van der Waals surface area contributed by atoms with Crippen LogP contribution in [0.5, 0.6) is 0 Å². The van der Waals surface area contributed by atoms with Crippen molar-refractivity contribution in [2.24, 2.45) is 0 Å². The number of nitro groups is 1. The van der Waals surface area contributed by atoms with Gasteiger partial charge >= 0.3 is 0 Å². The Hall–Kier alpha value is -2.48. The molecule has 0 aliphatic rings. The van der Waals surface area contributed by atoms with Crippen LogP contribution in [0.4, 0.5) is 11.4 Å². The number of nitro benzene ring substituents is 1. The molecular formula is C17H22N4O3S. The topological polar surface area (TPSA) is 97.2 Å². The standard InChI is InChI=1S/C17H22N4O3S/c1-5-13-9-18-17(25-13)11(4)20-14-7-6-12(8-15(14)21(23)24)16(22)19-10(2)3/h6-11,20H,5H2,1-4H3,(H,19,22). The van der Waals surface area contributed by atoms with E-state index in [4.69, 9.17) is 0 Å². The van der Waals surface area contributed by atoms with Crippen molar-refractivity contribution in [3.63, 3.8) is 0 Å². The number of hydrogen-bond donors (Lipinski definition) is 2. The van der Waals surface area contributed by atoms with Crippen molar-refractivity contribution < 1.29 is 9.72 Å². The lowest BCUT2D eigenvalue weighted by Gasteiger charge is -2.14. The highest BCUT2D eigenvalue weighted by molar-refractivity contribution is 7.11. The summed E-state index contributed by atoms with van der Waals surface area (Å²) in [6.45, 7) is 7.63. The number of hydrogen-bond acceptors (Lipinski definition) is 6. The molecule has 0 bridgehead atoms. The minimum Gasteiger partial charge on any atom is -0.371 e. The van der Waals surface area contributed by atoms with Crippen molar-refractivity contribution in [2.45, 2.75) is 46.2 Å². The van der Waals surface area contributed by atoms with Crippen LogP contribution in [0, 0.1) is 10.1 Å². The number of benzene rings is 1. The molecule has 2 N–H and O–H groups in total. The molecule has 0 spiro atoms. The highest BCUT2D eigenvalue weighted by Crippen LogP contribution is 2.30. The molecule has 1 aromatic carbocycles. The average molecular weight is 362 g/mol. The number of carbonyl (C=O) groups is 1. The summed E-state index contributed by atoms with van der Waals surface area (Å²) in [6.07, 6.45) is 2.73. The van der Waals surface area contributed by atoms with Crippen molar-refractivity contribution in [1.82, 2.24) is 10.3 Å². The van der Waals surface area contributed by atoms with Crippen LogP contribution < -0.4 is 10.6 Å². The first-order valence-electron chi connectivity index (χ1n) is 8.12. The van der Waals surface area contributed by atoms with Gasteiger partial charge in [-0.1, -0.05) is 6.92 Å². The predicted molar refractivity (Wildman–Crippen MR) is 99.2 cm³/mol. The third-order valence-corrected chi connectivity index (χ3v) is 4.86. The summed E-state index contributed by atoms with van der Waals surface area (Å²) >= 11 is 1.58. The van der Waals surface area contributed by atoms with Gasteiger partial charge in [0.05, 0.1) is 11.0 Å². The third-order valence-electron chi connectivity index (χ3n) is 3.54. The zero-order valence-electron chi connectivity index (χ0n) is 14.7. The van der Waals surface area contributed by atoms with Gasteiger partial charge in [-0.3, -0.25) is 14.9 Å². The fraction of sp³-hybridized carbons (Fsp3) is 0.412. The molecule has 1 heterocycles. The van der Waals surface area contributed by atoms with Gasteiger partial charge in [-0.25, -0.2) is 4.98 Å². The Bertz CT molecular complexity index is 773. The van der Waals surface area contributed by atoms with Crippen LogP contribution in [0.2, 0.25) is 0 Å². The normalized spacial score (nSPS) is 12.0. The Balaban J connectivity index is 2.25. The van der Waals surface area contributed by atoms with E-state index >= 15 is 0 Å². The summed E-state index contributed by atoms with van der Waals surface area (Å²) in [5, 5.41) is 18.1. The molecule has 7 nitrogen and oxygen atoms in total. The highest BCUT2D eigenvalue weighted by atomic mass is 32.1. The van der Waals surface area contributed by atoms with E-state index in [1.807, 2.05) is 27.0 Å². The molecule has 1 atom stereocenters. The molecule has 2 aromatic rings. The molecular weight excluding hydrogens is 340 g/mol. The number of nitrogens with one attached hydrogen (secondary N) is 2. The molecule has 0 saturated carbocycles. The molecule has 0 saturated heterocycles. The van der Waals surface area contributed by atoms with Crippen molar-refractivity contribution in [2.75, 3.05) is 5.32 Å². The zero-order valence-corrected chi connectivity index (χ0v) is 15.5. The van der Waals surface area contributed by atoms with Gasteiger partial charge in [0.2, 0.25) is 0 Å². The van der Waals surface area contributed by atoms with Gasteiger partial charge in [-0.15, -0.1) is 11.3 Å². The summed E-state index contributed by atoms with van der Waals surface area (Å²) < 4.78 is 0. The molecule has 0 aliphatic carbocycles. The second-order valence-corrected chi connectivity index (χ2v) is 7.15. The first-order valence-corrected chi connectivity index (χ1v) is 8.93. The number of aryl methyl sites for hydroxylation is 1. The van der Waals surface area contributed by atoms with Gasteiger partial charge in [-0.2, -0.15) is 0 Å². The molecule has 1 amide bonds. The average Bonchev–Trinajstić information content (AvgIpc) is 3.03. The summed E-state index contributed by atoms with van der Waals surface area (Å²) in [6, 6.07) is 4.24. The number of aromatic nitrogens is 1. The Morgan fingerprint density at radius 1 is 1.36 bits per heavy atom. The molecule has 134 valence electrons. The number of anilines is 1. The molecule has 0 radical (unpaired) electrons. The van der Waals surface area contributed by atoms with E-state index in [9.17, 15) is 14.9 Å². The van der Waals surface area contributed by atoms with E-state index in [1.165, 1.54) is 10.9 Å². The quantitative estimate of drug-likeness (QED) is 0.574. The number of thiazole rings is 1. The van der Waals surface area contributed by atoms with Crippen LogP contribution in [0.25, 0.3) is 0 Å². The van der Waals surface area contributed by atoms with Crippen molar-refractivity contribution in [1.29, 1.82) is 0 Å². The monoisotopic (exact) mass is 362 g/mol. The summed E-state index contributed by atoms with van der Waals surface area (Å²) in [4.78, 5) is 28.5. The SMILES string of the molecule is CCc1cnc(C(C)Nc2ccc(C(=O)NC(C)C)cc2[N+](=O)[O-])s1. The highest BCUT2D eigenvalue weighted by Gasteiger charge is 2.20. The van der Waals surface area contributed by atoms with Gasteiger partial charge in [0, 0.05) is 28.7 Å². The summed E-state index contributed by atoms with van der Waals surface area (Å²) in [7, 11) is 0. The first kappa shape index (κ1) is 18.9. The fourth-order valence-corrected chi connectivity index (χ4v) is 3.13. The van der Waals surface area contributed by atoms with Gasteiger partial charge < -0.3 is 10.6 Å². The number of nitrogens with zero attached hydrogens (tertiary/aromatic N) is 2. The van der Waals surface area contributed by atoms with E-state index < -0.39 is 4.92 Å². The smallest absolute Gasteiger partial charge is 0.293 e. The van der Waals surface area contributed by atoms with Crippen LogP contribution >= 0.6 is 11.3 Å². The lowest BCUT2D eigenvalue weighted by molar-refractivity contribution is -0.384. The Morgan fingerprint density at radius 2 is 2.08 bits per heavy atom. The molecule has 2 rings (SSSR count). The molecule has 0 aliphatic heterocycles. The fourth-order valence-electron chi connectivity index (χ4n) is 2.27. The van der Waals surface area contributed by atoms with Crippen molar-refractivity contribution in [3.8, 4) is 0 Å². The van der Waals surface area contributed by atoms with Crippen LogP contribution in [0.15, 0.2) is 24.4 Å². The van der Waals surface area contributed by atoms with E-state index in [-0.39, 0.29) is 29.2 Å². The van der Waals surface area contributed by atoms with E-state index in [1.54, 1.807) is 23.5 Å². The molecule has 0 fully saturated rings. The van der Waals surface area contributed by atoms with E-state index in [2.05, 4.69) is 22.5 Å². The lowest BCUT2D eigenvalue weighted by atomic mass is 10.1. The summed E-state index contributed by atoms with van der Waals surface area (Å²) in [5.74, 6) is -0.329. The summed E-state index contributed by atoms with van der Waals surface area (Å²) in [5.41, 5.74) is 0.503. The number of carbonyl (C=O) groups excluding carboxylic acids is 1. The van der Waals surface area contributed by atoms with Crippen molar-refractivity contribution >= 4 is 28.6 Å². The lowest BCUT2D eigenvalue weighted by Crippen LogP contribution is -2.30. The minimum atomic E-state index is -0.486. The predicted octanol–water partition coefficient (Wildman–Crippen LogP) is 3.93. The van der Waals surface area contributed by atoms with Crippen LogP contribution in [-0.4, -0.2) is 21.9 Å². The molecule has 8 heteroatoms. The largest absolute Gasteiger partial charge is 0.371 e. The van der Waals surface area contributed by atoms with Crippen LogP contribution in [0.1, 0.15) is 54.0 Å². The zero-order chi connectivity index (χ0) is 18.6. The van der Waals surface area contributed by atoms with Gasteiger partial charge in [0.1, 0.15) is 10.7 Å². The molecule has 1 unspecified atom stereocenters.